The maximum absolute atomic E-state index is 13.9. The Kier molecular flexibility index (Phi) is 6.28. The van der Waals surface area contributed by atoms with Crippen molar-refractivity contribution < 1.29 is 14.3 Å². The van der Waals surface area contributed by atoms with Crippen LogP contribution in [0.15, 0.2) is 54.6 Å². The van der Waals surface area contributed by atoms with Crippen molar-refractivity contribution >= 4 is 29.1 Å². The summed E-state index contributed by atoms with van der Waals surface area (Å²) in [5, 5.41) is 8.45. The molecule has 2 aromatic carbocycles. The fourth-order valence-corrected chi connectivity index (χ4v) is 5.28. The third-order valence-corrected chi connectivity index (χ3v) is 7.27. The van der Waals surface area contributed by atoms with Gasteiger partial charge in [-0.1, -0.05) is 36.9 Å². The highest BCUT2D eigenvalue weighted by Crippen LogP contribution is 2.35. The van der Waals surface area contributed by atoms with Crippen molar-refractivity contribution in [1.29, 1.82) is 0 Å². The summed E-state index contributed by atoms with van der Waals surface area (Å²) in [6.07, 6.45) is 5.32. The van der Waals surface area contributed by atoms with Gasteiger partial charge in [-0.2, -0.15) is 5.10 Å². The molecule has 1 N–H and O–H groups in total. The van der Waals surface area contributed by atoms with Crippen LogP contribution in [0.1, 0.15) is 49.5 Å². The van der Waals surface area contributed by atoms with Crippen LogP contribution in [0.2, 0.25) is 5.02 Å². The zero-order valence-electron chi connectivity index (χ0n) is 20.0. The predicted molar refractivity (Wildman–Crippen MR) is 136 cm³/mol. The van der Waals surface area contributed by atoms with Crippen LogP contribution in [0.3, 0.4) is 0 Å². The number of nitrogens with zero attached hydrogens (tertiary/aromatic N) is 3. The number of fused-ring (bicyclic) bond motifs is 1. The van der Waals surface area contributed by atoms with Gasteiger partial charge in [0.1, 0.15) is 17.0 Å². The Morgan fingerprint density at radius 1 is 1.11 bits per heavy atom. The van der Waals surface area contributed by atoms with Crippen LogP contribution in [0, 0.1) is 0 Å². The second-order valence-corrected chi connectivity index (χ2v) is 9.94. The Bertz CT molecular complexity index is 1250. The summed E-state index contributed by atoms with van der Waals surface area (Å²) in [4.78, 5) is 29.2. The van der Waals surface area contributed by atoms with Crippen molar-refractivity contribution in [2.75, 3.05) is 12.0 Å². The lowest BCUT2D eigenvalue weighted by molar-refractivity contribution is -0.127. The number of halogens is 1. The molecule has 2 amide bonds. The molecule has 2 aliphatic rings. The van der Waals surface area contributed by atoms with Crippen molar-refractivity contribution in [3.63, 3.8) is 0 Å². The maximum Gasteiger partial charge on any atom is 0.277 e. The molecule has 0 unspecified atom stereocenters. The van der Waals surface area contributed by atoms with Gasteiger partial charge in [0.25, 0.3) is 5.91 Å². The van der Waals surface area contributed by atoms with E-state index in [-0.39, 0.29) is 24.4 Å². The number of anilines is 1. The Hall–Kier alpha value is -3.32. The van der Waals surface area contributed by atoms with Gasteiger partial charge in [-0.3, -0.25) is 19.2 Å². The van der Waals surface area contributed by atoms with Gasteiger partial charge >= 0.3 is 0 Å². The van der Waals surface area contributed by atoms with E-state index in [1.807, 2.05) is 37.3 Å². The minimum absolute atomic E-state index is 0.123. The van der Waals surface area contributed by atoms with E-state index in [0.29, 0.717) is 22.1 Å². The molecule has 1 saturated carbocycles. The Morgan fingerprint density at radius 3 is 2.54 bits per heavy atom. The van der Waals surface area contributed by atoms with Crippen LogP contribution in [0.5, 0.6) is 5.75 Å². The van der Waals surface area contributed by atoms with Crippen molar-refractivity contribution in [2.24, 2.45) is 0 Å². The Morgan fingerprint density at radius 2 is 1.86 bits per heavy atom. The van der Waals surface area contributed by atoms with Gasteiger partial charge in [0, 0.05) is 22.3 Å². The summed E-state index contributed by atoms with van der Waals surface area (Å²) in [5.41, 5.74) is 1.37. The number of hydrogen-bond acceptors (Lipinski definition) is 4. The summed E-state index contributed by atoms with van der Waals surface area (Å²) in [7, 11) is 1.62. The second kappa shape index (κ2) is 9.38. The molecule has 0 bridgehead atoms. The van der Waals surface area contributed by atoms with Gasteiger partial charge in [-0.25, -0.2) is 0 Å². The first-order valence-electron chi connectivity index (χ1n) is 12.0. The van der Waals surface area contributed by atoms with E-state index >= 15 is 0 Å². The van der Waals surface area contributed by atoms with Gasteiger partial charge in [0.2, 0.25) is 5.91 Å². The number of amides is 2. The standard InChI is InChI=1S/C27H29ClN4O3/c1-27(26(34)29-20-8-4-3-5-9-20)17-31-24(25(33)32(27)21-10-6-7-19(28)15-21)16-23(30-31)18-11-13-22(35-2)14-12-18/h6-7,10-16,20H,3-5,8-9,17H2,1-2H3,(H,29,34)/t27-/m0/s1. The molecular weight excluding hydrogens is 464 g/mol. The smallest absolute Gasteiger partial charge is 0.277 e. The number of rotatable bonds is 5. The Balaban J connectivity index is 1.54. The molecule has 3 aromatic rings. The number of methoxy groups -OCH3 is 1. The van der Waals surface area contributed by atoms with Crippen LogP contribution in [0.4, 0.5) is 5.69 Å². The van der Waals surface area contributed by atoms with Crippen LogP contribution in [0.25, 0.3) is 11.3 Å². The summed E-state index contributed by atoms with van der Waals surface area (Å²) in [5.74, 6) is 0.282. The van der Waals surface area contributed by atoms with Crippen molar-refractivity contribution in [3.05, 3.63) is 65.3 Å². The zero-order chi connectivity index (χ0) is 24.6. The predicted octanol–water partition coefficient (Wildman–Crippen LogP) is 5.08. The molecule has 1 aromatic heterocycles. The minimum Gasteiger partial charge on any atom is -0.497 e. The number of carbonyl (C=O) groups excluding carboxylic acids is 2. The molecule has 0 spiro atoms. The molecule has 7 nitrogen and oxygen atoms in total. The monoisotopic (exact) mass is 492 g/mol. The molecule has 1 atom stereocenters. The first-order chi connectivity index (χ1) is 16.9. The number of nitrogens with one attached hydrogen (secondary N) is 1. The molecule has 1 aliphatic heterocycles. The first kappa shape index (κ1) is 23.4. The van der Waals surface area contributed by atoms with E-state index in [1.54, 1.807) is 41.0 Å². The largest absolute Gasteiger partial charge is 0.497 e. The second-order valence-electron chi connectivity index (χ2n) is 9.50. The average Bonchev–Trinajstić information content (AvgIpc) is 3.29. The normalized spacial score (nSPS) is 20.4. The molecule has 35 heavy (non-hydrogen) atoms. The van der Waals surface area contributed by atoms with Crippen molar-refractivity contribution in [3.8, 4) is 17.0 Å². The van der Waals surface area contributed by atoms with Gasteiger partial charge in [0.05, 0.1) is 19.3 Å². The van der Waals surface area contributed by atoms with Crippen molar-refractivity contribution in [1.82, 2.24) is 15.1 Å². The number of hydrogen-bond donors (Lipinski definition) is 1. The number of aromatic nitrogens is 2. The molecular formula is C27H29ClN4O3. The molecule has 1 fully saturated rings. The fourth-order valence-electron chi connectivity index (χ4n) is 5.09. The molecule has 0 saturated heterocycles. The van der Waals surface area contributed by atoms with Crippen LogP contribution in [-0.4, -0.2) is 40.3 Å². The van der Waals surface area contributed by atoms with Gasteiger partial charge in [-0.05, 0) is 68.3 Å². The summed E-state index contributed by atoms with van der Waals surface area (Å²) in [6, 6.07) is 16.5. The highest BCUT2D eigenvalue weighted by Gasteiger charge is 2.49. The fraction of sp³-hybridized carbons (Fsp3) is 0.370. The highest BCUT2D eigenvalue weighted by molar-refractivity contribution is 6.31. The topological polar surface area (TPSA) is 76.5 Å². The molecule has 8 heteroatoms. The third-order valence-electron chi connectivity index (χ3n) is 7.04. The quantitative estimate of drug-likeness (QED) is 0.539. The lowest BCUT2D eigenvalue weighted by Crippen LogP contribution is -2.65. The lowest BCUT2D eigenvalue weighted by Gasteiger charge is -2.44. The Labute approximate surface area is 210 Å². The third kappa shape index (κ3) is 4.41. The molecule has 2 heterocycles. The minimum atomic E-state index is -1.17. The SMILES string of the molecule is COc1ccc(-c2cc3n(n2)C[C@@](C)(C(=O)NC2CCCCC2)N(c2cccc(Cl)c2)C3=O)cc1. The van der Waals surface area contributed by atoms with Crippen LogP contribution in [-0.2, 0) is 11.3 Å². The van der Waals surface area contributed by atoms with E-state index < -0.39 is 5.54 Å². The number of ether oxygens (including phenoxy) is 1. The maximum atomic E-state index is 13.9. The molecule has 5 rings (SSSR count). The van der Waals surface area contributed by atoms with Gasteiger partial charge in [0.15, 0.2) is 0 Å². The van der Waals surface area contributed by atoms with E-state index in [9.17, 15) is 9.59 Å². The summed E-state index contributed by atoms with van der Waals surface area (Å²) < 4.78 is 6.91. The number of carbonyl (C=O) groups is 2. The van der Waals surface area contributed by atoms with Crippen LogP contribution < -0.4 is 15.0 Å². The van der Waals surface area contributed by atoms with E-state index in [4.69, 9.17) is 21.4 Å². The van der Waals surface area contributed by atoms with Crippen LogP contribution >= 0.6 is 11.6 Å². The zero-order valence-corrected chi connectivity index (χ0v) is 20.7. The molecule has 1 aliphatic carbocycles. The van der Waals surface area contributed by atoms with E-state index in [2.05, 4.69) is 5.32 Å². The van der Waals surface area contributed by atoms with E-state index in [1.165, 1.54) is 6.42 Å². The average molecular weight is 493 g/mol. The first-order valence-corrected chi connectivity index (χ1v) is 12.4. The highest BCUT2D eigenvalue weighted by atomic mass is 35.5. The number of benzene rings is 2. The summed E-state index contributed by atoms with van der Waals surface area (Å²) in [6.45, 7) is 2.04. The molecule has 182 valence electrons. The van der Waals surface area contributed by atoms with Gasteiger partial charge < -0.3 is 10.1 Å². The molecule has 0 radical (unpaired) electrons. The van der Waals surface area contributed by atoms with E-state index in [0.717, 1.165) is 37.0 Å². The van der Waals surface area contributed by atoms with Crippen molar-refractivity contribution in [2.45, 2.75) is 57.2 Å². The lowest BCUT2D eigenvalue weighted by atomic mass is 9.91. The summed E-state index contributed by atoms with van der Waals surface area (Å²) >= 11 is 6.28. The van der Waals surface area contributed by atoms with Gasteiger partial charge in [-0.15, -0.1) is 0 Å².